The van der Waals surface area contributed by atoms with Crippen molar-refractivity contribution in [1.82, 2.24) is 10.2 Å². The van der Waals surface area contributed by atoms with Crippen molar-refractivity contribution >= 4 is 11.8 Å². The van der Waals surface area contributed by atoms with E-state index in [0.717, 1.165) is 12.1 Å². The van der Waals surface area contributed by atoms with Gasteiger partial charge < -0.3 is 10.2 Å². The van der Waals surface area contributed by atoms with Crippen LogP contribution in [0.3, 0.4) is 0 Å². The van der Waals surface area contributed by atoms with E-state index in [2.05, 4.69) is 17.2 Å². The summed E-state index contributed by atoms with van der Waals surface area (Å²) in [6.07, 6.45) is 0. The quantitative estimate of drug-likeness (QED) is 0.871. The number of benzene rings is 2. The summed E-state index contributed by atoms with van der Waals surface area (Å²) in [6, 6.07) is 9.88. The predicted molar refractivity (Wildman–Crippen MR) is 90.0 cm³/mol. The highest BCUT2D eigenvalue weighted by Gasteiger charge is 2.15. The topological polar surface area (TPSA) is 49.4 Å². The van der Waals surface area contributed by atoms with E-state index in [1.54, 1.807) is 38.4 Å². The SMILES string of the molecule is CN(C)C(=O)c1ccc(C#CCNC(=O)c2c(F)cccc2F)cc1. The number of nitrogens with one attached hydrogen (secondary N) is 1. The maximum absolute atomic E-state index is 13.5. The molecule has 2 rings (SSSR count). The third-order valence-electron chi connectivity index (χ3n) is 3.30. The van der Waals surface area contributed by atoms with Gasteiger partial charge in [0, 0.05) is 25.2 Å². The zero-order chi connectivity index (χ0) is 18.4. The van der Waals surface area contributed by atoms with Gasteiger partial charge in [-0.25, -0.2) is 8.78 Å². The lowest BCUT2D eigenvalue weighted by Gasteiger charge is -2.09. The second kappa shape index (κ2) is 8.06. The number of halogens is 2. The largest absolute Gasteiger partial charge is 0.345 e. The molecule has 0 atom stereocenters. The highest BCUT2D eigenvalue weighted by atomic mass is 19.1. The van der Waals surface area contributed by atoms with Gasteiger partial charge >= 0.3 is 0 Å². The van der Waals surface area contributed by atoms with Gasteiger partial charge in [-0.3, -0.25) is 9.59 Å². The third-order valence-corrected chi connectivity index (χ3v) is 3.30. The Balaban J connectivity index is 1.97. The van der Waals surface area contributed by atoms with Crippen molar-refractivity contribution in [3.05, 3.63) is 70.8 Å². The number of carbonyl (C=O) groups excluding carboxylic acids is 2. The maximum Gasteiger partial charge on any atom is 0.258 e. The average molecular weight is 342 g/mol. The molecule has 0 fully saturated rings. The van der Waals surface area contributed by atoms with Gasteiger partial charge in [-0.15, -0.1) is 0 Å². The molecule has 0 saturated carbocycles. The van der Waals surface area contributed by atoms with Crippen LogP contribution in [0.25, 0.3) is 0 Å². The van der Waals surface area contributed by atoms with E-state index in [1.165, 1.54) is 11.0 Å². The molecule has 0 aliphatic heterocycles. The van der Waals surface area contributed by atoms with E-state index in [0.29, 0.717) is 11.1 Å². The zero-order valence-electron chi connectivity index (χ0n) is 13.8. The predicted octanol–water partition coefficient (Wildman–Crippen LogP) is 2.45. The zero-order valence-corrected chi connectivity index (χ0v) is 13.8. The molecule has 0 radical (unpaired) electrons. The van der Waals surface area contributed by atoms with Crippen LogP contribution in [-0.4, -0.2) is 37.4 Å². The van der Waals surface area contributed by atoms with Crippen molar-refractivity contribution in [2.24, 2.45) is 0 Å². The molecule has 1 N–H and O–H groups in total. The lowest BCUT2D eigenvalue weighted by Crippen LogP contribution is -2.25. The first-order chi connectivity index (χ1) is 11.9. The Morgan fingerprint density at radius 3 is 2.20 bits per heavy atom. The minimum atomic E-state index is -0.924. The van der Waals surface area contributed by atoms with Crippen molar-refractivity contribution in [1.29, 1.82) is 0 Å². The molecule has 4 nitrogen and oxygen atoms in total. The van der Waals surface area contributed by atoms with Gasteiger partial charge in [0.25, 0.3) is 11.8 Å². The lowest BCUT2D eigenvalue weighted by molar-refractivity contribution is 0.0827. The Bertz CT molecular complexity index is 830. The minimum absolute atomic E-state index is 0.0645. The van der Waals surface area contributed by atoms with E-state index < -0.39 is 23.1 Å². The van der Waals surface area contributed by atoms with E-state index >= 15 is 0 Å². The molecule has 0 aromatic heterocycles. The monoisotopic (exact) mass is 342 g/mol. The molecule has 6 heteroatoms. The van der Waals surface area contributed by atoms with Gasteiger partial charge in [-0.2, -0.15) is 0 Å². The Labute approximate surface area is 144 Å². The summed E-state index contributed by atoms with van der Waals surface area (Å²) in [7, 11) is 3.33. The summed E-state index contributed by atoms with van der Waals surface area (Å²) in [6.45, 7) is -0.0645. The first-order valence-corrected chi connectivity index (χ1v) is 7.43. The van der Waals surface area contributed by atoms with E-state index in [1.807, 2.05) is 0 Å². The Morgan fingerprint density at radius 1 is 1.04 bits per heavy atom. The summed E-state index contributed by atoms with van der Waals surface area (Å²) >= 11 is 0. The number of hydrogen-bond donors (Lipinski definition) is 1. The van der Waals surface area contributed by atoms with Gasteiger partial charge in [-0.1, -0.05) is 17.9 Å². The Hall–Kier alpha value is -3.20. The van der Waals surface area contributed by atoms with Crippen LogP contribution < -0.4 is 5.32 Å². The number of nitrogens with zero attached hydrogens (tertiary/aromatic N) is 1. The molecule has 2 aromatic rings. The first-order valence-electron chi connectivity index (χ1n) is 7.43. The number of hydrogen-bond acceptors (Lipinski definition) is 2. The van der Waals surface area contributed by atoms with Gasteiger partial charge in [0.15, 0.2) is 0 Å². The van der Waals surface area contributed by atoms with Crippen molar-refractivity contribution in [3.8, 4) is 11.8 Å². The van der Waals surface area contributed by atoms with Crippen molar-refractivity contribution in [2.45, 2.75) is 0 Å². The molecule has 0 bridgehead atoms. The fourth-order valence-electron chi connectivity index (χ4n) is 2.03. The Kier molecular flexibility index (Phi) is 5.85. The van der Waals surface area contributed by atoms with E-state index in [9.17, 15) is 18.4 Å². The van der Waals surface area contributed by atoms with E-state index in [4.69, 9.17) is 0 Å². The fourth-order valence-corrected chi connectivity index (χ4v) is 2.03. The molecular weight excluding hydrogens is 326 g/mol. The summed E-state index contributed by atoms with van der Waals surface area (Å²) in [5.74, 6) is 2.66. The minimum Gasteiger partial charge on any atom is -0.345 e. The number of carbonyl (C=O) groups is 2. The van der Waals surface area contributed by atoms with Crippen LogP contribution in [0.2, 0.25) is 0 Å². The molecule has 25 heavy (non-hydrogen) atoms. The second-order valence-electron chi connectivity index (χ2n) is 5.36. The molecule has 0 heterocycles. The highest BCUT2D eigenvalue weighted by molar-refractivity contribution is 5.95. The van der Waals surface area contributed by atoms with E-state index in [-0.39, 0.29) is 12.5 Å². The molecule has 0 saturated heterocycles. The molecule has 128 valence electrons. The van der Waals surface area contributed by atoms with Crippen molar-refractivity contribution in [3.63, 3.8) is 0 Å². The summed E-state index contributed by atoms with van der Waals surface area (Å²) < 4.78 is 26.9. The molecule has 0 spiro atoms. The van der Waals surface area contributed by atoms with Crippen LogP contribution in [0, 0.1) is 23.5 Å². The summed E-state index contributed by atoms with van der Waals surface area (Å²) in [5.41, 5.74) is 0.566. The lowest BCUT2D eigenvalue weighted by atomic mass is 10.1. The summed E-state index contributed by atoms with van der Waals surface area (Å²) in [4.78, 5) is 25.0. The second-order valence-corrected chi connectivity index (χ2v) is 5.36. The van der Waals surface area contributed by atoms with Crippen LogP contribution in [0.1, 0.15) is 26.3 Å². The number of amides is 2. The Morgan fingerprint density at radius 2 is 1.64 bits per heavy atom. The third kappa shape index (κ3) is 4.64. The van der Waals surface area contributed by atoms with Gasteiger partial charge in [0.05, 0.1) is 6.54 Å². The van der Waals surface area contributed by atoms with Crippen LogP contribution in [0.4, 0.5) is 8.78 Å². The molecule has 0 aliphatic rings. The smallest absolute Gasteiger partial charge is 0.258 e. The van der Waals surface area contributed by atoms with Crippen LogP contribution >= 0.6 is 0 Å². The van der Waals surface area contributed by atoms with Gasteiger partial charge in [-0.05, 0) is 36.4 Å². The van der Waals surface area contributed by atoms with Crippen LogP contribution in [-0.2, 0) is 0 Å². The van der Waals surface area contributed by atoms with Crippen LogP contribution in [0.5, 0.6) is 0 Å². The normalized spacial score (nSPS) is 9.76. The standard InChI is InChI=1S/C19H16F2N2O2/c1-23(2)19(25)14-10-8-13(9-11-14)5-4-12-22-18(24)17-15(20)6-3-7-16(17)21/h3,6-11H,12H2,1-2H3,(H,22,24). The van der Waals surface area contributed by atoms with Crippen LogP contribution in [0.15, 0.2) is 42.5 Å². The van der Waals surface area contributed by atoms with Crippen molar-refractivity contribution in [2.75, 3.05) is 20.6 Å². The molecule has 0 aliphatic carbocycles. The first kappa shape index (κ1) is 18.1. The highest BCUT2D eigenvalue weighted by Crippen LogP contribution is 2.11. The summed E-state index contributed by atoms with van der Waals surface area (Å²) in [5, 5.41) is 2.34. The maximum atomic E-state index is 13.5. The average Bonchev–Trinajstić information content (AvgIpc) is 2.58. The molecule has 2 amide bonds. The molecule has 0 unspecified atom stereocenters. The molecular formula is C19H16F2N2O2. The fraction of sp³-hybridized carbons (Fsp3) is 0.158. The van der Waals surface area contributed by atoms with Crippen molar-refractivity contribution < 1.29 is 18.4 Å². The molecule has 2 aromatic carbocycles. The van der Waals surface area contributed by atoms with Gasteiger partial charge in [0.2, 0.25) is 0 Å². The number of rotatable bonds is 3. The van der Waals surface area contributed by atoms with Gasteiger partial charge in [0.1, 0.15) is 17.2 Å².